The SMILES string of the molecule is CC1CCC(N(C)C(=O)Cn2cnc3ccsc3c2=O)CC1. The van der Waals surface area contributed by atoms with Crippen molar-refractivity contribution in [2.75, 3.05) is 7.05 Å². The molecule has 22 heavy (non-hydrogen) atoms. The number of carbonyl (C=O) groups excluding carboxylic acids is 1. The van der Waals surface area contributed by atoms with Gasteiger partial charge in [0.1, 0.15) is 11.2 Å². The van der Waals surface area contributed by atoms with Crippen molar-refractivity contribution in [1.29, 1.82) is 0 Å². The molecule has 6 heteroatoms. The number of aromatic nitrogens is 2. The van der Waals surface area contributed by atoms with Crippen molar-refractivity contribution in [3.63, 3.8) is 0 Å². The van der Waals surface area contributed by atoms with Crippen molar-refractivity contribution in [1.82, 2.24) is 14.5 Å². The molecule has 1 amide bonds. The summed E-state index contributed by atoms with van der Waals surface area (Å²) in [6.07, 6.45) is 5.93. The molecule has 3 rings (SSSR count). The van der Waals surface area contributed by atoms with Crippen molar-refractivity contribution in [2.24, 2.45) is 5.92 Å². The number of rotatable bonds is 3. The van der Waals surface area contributed by atoms with E-state index in [1.807, 2.05) is 23.4 Å². The fraction of sp³-hybridized carbons (Fsp3) is 0.562. The largest absolute Gasteiger partial charge is 0.341 e. The third-order valence-electron chi connectivity index (χ3n) is 4.67. The quantitative estimate of drug-likeness (QED) is 0.873. The van der Waals surface area contributed by atoms with Gasteiger partial charge in [-0.05, 0) is 43.0 Å². The Bertz CT molecular complexity index is 728. The van der Waals surface area contributed by atoms with Gasteiger partial charge in [-0.15, -0.1) is 11.3 Å². The Hall–Kier alpha value is -1.69. The maximum absolute atomic E-state index is 12.5. The average molecular weight is 319 g/mol. The molecule has 1 saturated carbocycles. The Balaban J connectivity index is 1.72. The van der Waals surface area contributed by atoms with Gasteiger partial charge < -0.3 is 4.90 Å². The van der Waals surface area contributed by atoms with Crippen LogP contribution >= 0.6 is 11.3 Å². The molecular weight excluding hydrogens is 298 g/mol. The molecule has 0 saturated heterocycles. The molecule has 1 fully saturated rings. The van der Waals surface area contributed by atoms with E-state index in [9.17, 15) is 9.59 Å². The first-order chi connectivity index (χ1) is 10.6. The molecule has 0 aromatic carbocycles. The Kier molecular flexibility index (Phi) is 4.29. The number of fused-ring (bicyclic) bond motifs is 1. The van der Waals surface area contributed by atoms with Crippen molar-refractivity contribution < 1.29 is 4.79 Å². The molecule has 0 spiro atoms. The van der Waals surface area contributed by atoms with Crippen LogP contribution in [0.5, 0.6) is 0 Å². The number of likely N-dealkylation sites (N-methyl/N-ethyl adjacent to an activating group) is 1. The van der Waals surface area contributed by atoms with E-state index < -0.39 is 0 Å². The van der Waals surface area contributed by atoms with Crippen molar-refractivity contribution in [3.05, 3.63) is 28.1 Å². The van der Waals surface area contributed by atoms with E-state index >= 15 is 0 Å². The maximum Gasteiger partial charge on any atom is 0.271 e. The van der Waals surface area contributed by atoms with Crippen LogP contribution in [0.1, 0.15) is 32.6 Å². The number of carbonyl (C=O) groups is 1. The molecule has 1 aliphatic carbocycles. The van der Waals surface area contributed by atoms with Gasteiger partial charge in [-0.1, -0.05) is 6.92 Å². The molecule has 1 aliphatic rings. The highest BCUT2D eigenvalue weighted by molar-refractivity contribution is 7.17. The predicted molar refractivity (Wildman–Crippen MR) is 88.1 cm³/mol. The molecule has 0 radical (unpaired) electrons. The van der Waals surface area contributed by atoms with Gasteiger partial charge in [0.15, 0.2) is 0 Å². The minimum Gasteiger partial charge on any atom is -0.341 e. The second kappa shape index (κ2) is 6.20. The normalized spacial score (nSPS) is 21.9. The zero-order valence-corrected chi connectivity index (χ0v) is 13.8. The first kappa shape index (κ1) is 15.2. The summed E-state index contributed by atoms with van der Waals surface area (Å²) in [4.78, 5) is 30.8. The van der Waals surface area contributed by atoms with E-state index in [-0.39, 0.29) is 18.0 Å². The number of hydrogen-bond donors (Lipinski definition) is 0. The van der Waals surface area contributed by atoms with Crippen molar-refractivity contribution >= 4 is 27.5 Å². The Morgan fingerprint density at radius 3 is 2.86 bits per heavy atom. The number of hydrogen-bond acceptors (Lipinski definition) is 4. The highest BCUT2D eigenvalue weighted by atomic mass is 32.1. The van der Waals surface area contributed by atoms with Crippen LogP contribution in [-0.4, -0.2) is 33.4 Å². The van der Waals surface area contributed by atoms with E-state index in [1.54, 1.807) is 0 Å². The first-order valence-electron chi connectivity index (χ1n) is 7.74. The fourth-order valence-corrected chi connectivity index (χ4v) is 3.87. The molecule has 0 aliphatic heterocycles. The fourth-order valence-electron chi connectivity index (χ4n) is 3.08. The highest BCUT2D eigenvalue weighted by Gasteiger charge is 2.25. The van der Waals surface area contributed by atoms with Crippen molar-refractivity contribution in [3.8, 4) is 0 Å². The standard InChI is InChI=1S/C16H21N3O2S/c1-11-3-5-12(6-4-11)18(2)14(20)9-19-10-17-13-7-8-22-15(13)16(19)21/h7-8,10-12H,3-6,9H2,1-2H3. The Labute approximate surface area is 133 Å². The Morgan fingerprint density at radius 1 is 1.41 bits per heavy atom. The molecule has 0 N–H and O–H groups in total. The molecule has 5 nitrogen and oxygen atoms in total. The van der Waals surface area contributed by atoms with E-state index in [4.69, 9.17) is 0 Å². The third kappa shape index (κ3) is 2.92. The molecule has 2 heterocycles. The van der Waals surface area contributed by atoms with Crippen LogP contribution in [0.4, 0.5) is 0 Å². The van der Waals surface area contributed by atoms with Crippen LogP contribution < -0.4 is 5.56 Å². The van der Waals surface area contributed by atoms with Crippen LogP contribution in [0.15, 0.2) is 22.6 Å². The minimum absolute atomic E-state index is 0.0145. The summed E-state index contributed by atoms with van der Waals surface area (Å²) in [5.41, 5.74) is 0.576. The first-order valence-corrected chi connectivity index (χ1v) is 8.62. The van der Waals surface area contributed by atoms with Gasteiger partial charge in [0.25, 0.3) is 5.56 Å². The lowest BCUT2D eigenvalue weighted by molar-refractivity contribution is -0.133. The lowest BCUT2D eigenvalue weighted by Gasteiger charge is -2.33. The highest BCUT2D eigenvalue weighted by Crippen LogP contribution is 2.26. The van der Waals surface area contributed by atoms with E-state index in [0.29, 0.717) is 16.3 Å². The van der Waals surface area contributed by atoms with E-state index in [2.05, 4.69) is 11.9 Å². The average Bonchev–Trinajstić information content (AvgIpc) is 2.99. The van der Waals surface area contributed by atoms with Crippen molar-refractivity contribution in [2.45, 2.75) is 45.2 Å². The third-order valence-corrected chi connectivity index (χ3v) is 5.56. The van der Waals surface area contributed by atoms with Crippen LogP contribution in [0, 0.1) is 5.92 Å². The summed E-state index contributed by atoms with van der Waals surface area (Å²) in [5, 5.41) is 1.85. The van der Waals surface area contributed by atoms with Gasteiger partial charge in [-0.2, -0.15) is 0 Å². The van der Waals surface area contributed by atoms with Gasteiger partial charge in [-0.3, -0.25) is 14.2 Å². The van der Waals surface area contributed by atoms with Gasteiger partial charge >= 0.3 is 0 Å². The molecule has 2 aromatic heterocycles. The zero-order valence-electron chi connectivity index (χ0n) is 13.0. The van der Waals surface area contributed by atoms with Crippen LogP contribution in [0.2, 0.25) is 0 Å². The molecule has 0 unspecified atom stereocenters. The molecule has 2 aromatic rings. The predicted octanol–water partition coefficient (Wildman–Crippen LogP) is 2.50. The number of nitrogens with zero attached hydrogens (tertiary/aromatic N) is 3. The van der Waals surface area contributed by atoms with Gasteiger partial charge in [0, 0.05) is 13.1 Å². The van der Waals surface area contributed by atoms with Gasteiger partial charge in [0.2, 0.25) is 5.91 Å². The number of amides is 1. The molecule has 0 atom stereocenters. The van der Waals surface area contributed by atoms with Gasteiger partial charge in [0.05, 0.1) is 11.8 Å². The molecule has 118 valence electrons. The summed E-state index contributed by atoms with van der Waals surface area (Å²) in [7, 11) is 1.85. The maximum atomic E-state index is 12.5. The van der Waals surface area contributed by atoms with E-state index in [1.165, 1.54) is 35.1 Å². The second-order valence-corrected chi connectivity index (χ2v) is 7.15. The summed E-state index contributed by atoms with van der Waals surface area (Å²) >= 11 is 1.37. The van der Waals surface area contributed by atoms with Crippen LogP contribution in [-0.2, 0) is 11.3 Å². The summed E-state index contributed by atoms with van der Waals surface area (Å²) in [5.74, 6) is 0.743. The lowest BCUT2D eigenvalue weighted by Crippen LogP contribution is -2.42. The second-order valence-electron chi connectivity index (χ2n) is 6.23. The zero-order chi connectivity index (χ0) is 15.7. The van der Waals surface area contributed by atoms with Gasteiger partial charge in [-0.25, -0.2) is 4.98 Å². The van der Waals surface area contributed by atoms with E-state index in [0.717, 1.165) is 18.8 Å². The van der Waals surface area contributed by atoms with Crippen LogP contribution in [0.3, 0.4) is 0 Å². The minimum atomic E-state index is -0.126. The smallest absolute Gasteiger partial charge is 0.271 e. The Morgan fingerprint density at radius 2 is 2.14 bits per heavy atom. The lowest BCUT2D eigenvalue weighted by atomic mass is 9.87. The summed E-state index contributed by atoms with van der Waals surface area (Å²) in [6.45, 7) is 2.34. The molecular formula is C16H21N3O2S. The number of thiophene rings is 1. The monoisotopic (exact) mass is 319 g/mol. The summed E-state index contributed by atoms with van der Waals surface area (Å²) in [6, 6.07) is 2.13. The molecule has 0 bridgehead atoms. The topological polar surface area (TPSA) is 55.2 Å². The van der Waals surface area contributed by atoms with Crippen LogP contribution in [0.25, 0.3) is 10.2 Å². The summed E-state index contributed by atoms with van der Waals surface area (Å²) < 4.78 is 2.03.